The van der Waals surface area contributed by atoms with Crippen LogP contribution in [0.1, 0.15) is 43.0 Å². The van der Waals surface area contributed by atoms with Crippen molar-refractivity contribution in [3.63, 3.8) is 0 Å². The second-order valence-corrected chi connectivity index (χ2v) is 5.50. The topological polar surface area (TPSA) is 78.4 Å². The molecular weight excluding hydrogens is 280 g/mol. The van der Waals surface area contributed by atoms with Crippen LogP contribution in [0.5, 0.6) is 0 Å². The second kappa shape index (κ2) is 5.71. The van der Waals surface area contributed by atoms with Crippen molar-refractivity contribution < 1.29 is 14.7 Å². The van der Waals surface area contributed by atoms with Crippen LogP contribution in [0.2, 0.25) is 5.02 Å². The van der Waals surface area contributed by atoms with Crippen molar-refractivity contribution in [2.24, 2.45) is 0 Å². The van der Waals surface area contributed by atoms with Crippen LogP contribution < -0.4 is 10.6 Å². The summed E-state index contributed by atoms with van der Waals surface area (Å²) in [5.74, 6) is -1.11. The molecule has 1 saturated carbocycles. The fraction of sp³-hybridized carbons (Fsp3) is 0.429. The molecule has 5 nitrogen and oxygen atoms in total. The lowest BCUT2D eigenvalue weighted by Crippen LogP contribution is -2.54. The minimum atomic E-state index is -1.11. The van der Waals surface area contributed by atoms with Crippen molar-refractivity contribution in [2.45, 2.75) is 38.1 Å². The van der Waals surface area contributed by atoms with Crippen LogP contribution in [0, 0.1) is 0 Å². The zero-order chi connectivity index (χ0) is 14.8. The summed E-state index contributed by atoms with van der Waals surface area (Å²) in [4.78, 5) is 23.1. The molecule has 0 bridgehead atoms. The van der Waals surface area contributed by atoms with E-state index in [9.17, 15) is 9.59 Å². The molecule has 108 valence electrons. The molecule has 1 aromatic carbocycles. The number of benzene rings is 1. The zero-order valence-corrected chi connectivity index (χ0v) is 12.0. The van der Waals surface area contributed by atoms with E-state index in [1.807, 2.05) is 6.92 Å². The van der Waals surface area contributed by atoms with Crippen molar-refractivity contribution in [3.8, 4) is 0 Å². The fourth-order valence-corrected chi connectivity index (χ4v) is 2.54. The molecular formula is C14H17ClN2O3. The molecule has 0 radical (unpaired) electrons. The standard InChI is InChI=1S/C14H17ClN2O3/c1-2-14(6-3-7-14)17-13(20)16-11-8-9(15)4-5-10(11)12(18)19/h4-5,8H,2-3,6-7H2,1H3,(H,18,19)(H2,16,17,20). The molecule has 3 N–H and O–H groups in total. The maximum absolute atomic E-state index is 12.0. The molecule has 0 spiro atoms. The summed E-state index contributed by atoms with van der Waals surface area (Å²) in [7, 11) is 0. The number of carbonyl (C=O) groups is 2. The molecule has 20 heavy (non-hydrogen) atoms. The summed E-state index contributed by atoms with van der Waals surface area (Å²) in [5, 5.41) is 15.0. The van der Waals surface area contributed by atoms with Gasteiger partial charge in [0.2, 0.25) is 0 Å². The molecule has 6 heteroatoms. The lowest BCUT2D eigenvalue weighted by Gasteiger charge is -2.41. The van der Waals surface area contributed by atoms with Gasteiger partial charge in [0.15, 0.2) is 0 Å². The van der Waals surface area contributed by atoms with Crippen LogP contribution in [0.25, 0.3) is 0 Å². The molecule has 1 aliphatic carbocycles. The minimum Gasteiger partial charge on any atom is -0.478 e. The van der Waals surface area contributed by atoms with E-state index in [0.29, 0.717) is 5.02 Å². The summed E-state index contributed by atoms with van der Waals surface area (Å²) in [6.45, 7) is 2.03. The van der Waals surface area contributed by atoms with E-state index in [1.54, 1.807) is 0 Å². The number of hydrogen-bond donors (Lipinski definition) is 3. The highest BCUT2D eigenvalue weighted by Crippen LogP contribution is 2.34. The Bertz CT molecular complexity index is 536. The number of carboxylic acid groups (broad SMARTS) is 1. The first-order valence-electron chi connectivity index (χ1n) is 6.58. The molecule has 1 fully saturated rings. The van der Waals surface area contributed by atoms with Gasteiger partial charge in [-0.05, 0) is 43.9 Å². The van der Waals surface area contributed by atoms with Gasteiger partial charge in [0.05, 0.1) is 11.3 Å². The molecule has 2 amide bonds. The van der Waals surface area contributed by atoms with Gasteiger partial charge in [-0.25, -0.2) is 9.59 Å². The Morgan fingerprint density at radius 1 is 1.40 bits per heavy atom. The first kappa shape index (κ1) is 14.7. The molecule has 1 aromatic rings. The molecule has 1 aliphatic rings. The third-order valence-electron chi connectivity index (χ3n) is 3.83. The lowest BCUT2D eigenvalue weighted by molar-refractivity contribution is 0.0698. The Balaban J connectivity index is 2.11. The minimum absolute atomic E-state index is 0.0173. The third kappa shape index (κ3) is 3.04. The van der Waals surface area contributed by atoms with Crippen molar-refractivity contribution in [1.82, 2.24) is 5.32 Å². The Kier molecular flexibility index (Phi) is 4.18. The largest absolute Gasteiger partial charge is 0.478 e. The summed E-state index contributed by atoms with van der Waals surface area (Å²) in [6.07, 6.45) is 3.88. The number of carboxylic acids is 1. The van der Waals surface area contributed by atoms with E-state index in [2.05, 4.69) is 10.6 Å². The highest BCUT2D eigenvalue weighted by Gasteiger charge is 2.36. The van der Waals surface area contributed by atoms with Gasteiger partial charge in [0, 0.05) is 10.6 Å². The van der Waals surface area contributed by atoms with Crippen molar-refractivity contribution >= 4 is 29.3 Å². The Labute approximate surface area is 122 Å². The molecule has 0 saturated heterocycles. The number of carbonyl (C=O) groups excluding carboxylic acids is 1. The summed E-state index contributed by atoms with van der Waals surface area (Å²) in [5.41, 5.74) is 0.0725. The van der Waals surface area contributed by atoms with E-state index in [4.69, 9.17) is 16.7 Å². The quantitative estimate of drug-likeness (QED) is 0.796. The number of nitrogens with one attached hydrogen (secondary N) is 2. The van der Waals surface area contributed by atoms with Crippen LogP contribution in [0.3, 0.4) is 0 Å². The molecule has 0 atom stereocenters. The average molecular weight is 297 g/mol. The van der Waals surface area contributed by atoms with E-state index in [-0.39, 0.29) is 16.8 Å². The van der Waals surface area contributed by atoms with Crippen LogP contribution in [0.4, 0.5) is 10.5 Å². The number of amides is 2. The molecule has 0 aliphatic heterocycles. The van der Waals surface area contributed by atoms with E-state index < -0.39 is 12.0 Å². The summed E-state index contributed by atoms with van der Waals surface area (Å²) < 4.78 is 0. The van der Waals surface area contributed by atoms with Gasteiger partial charge in [0.25, 0.3) is 0 Å². The number of urea groups is 1. The maximum Gasteiger partial charge on any atom is 0.337 e. The fourth-order valence-electron chi connectivity index (χ4n) is 2.37. The van der Waals surface area contributed by atoms with Crippen molar-refractivity contribution in [1.29, 1.82) is 0 Å². The van der Waals surface area contributed by atoms with Gasteiger partial charge >= 0.3 is 12.0 Å². The van der Waals surface area contributed by atoms with Gasteiger partial charge in [-0.1, -0.05) is 18.5 Å². The van der Waals surface area contributed by atoms with Crippen LogP contribution in [0.15, 0.2) is 18.2 Å². The maximum atomic E-state index is 12.0. The normalized spacial score (nSPS) is 16.1. The Morgan fingerprint density at radius 3 is 2.60 bits per heavy atom. The SMILES string of the molecule is CCC1(NC(=O)Nc2cc(Cl)ccc2C(=O)O)CCC1. The highest BCUT2D eigenvalue weighted by molar-refractivity contribution is 6.31. The molecule has 0 heterocycles. The van der Waals surface area contributed by atoms with E-state index >= 15 is 0 Å². The number of hydrogen-bond acceptors (Lipinski definition) is 2. The van der Waals surface area contributed by atoms with Gasteiger partial charge in [-0.2, -0.15) is 0 Å². The van der Waals surface area contributed by atoms with E-state index in [1.165, 1.54) is 18.2 Å². The second-order valence-electron chi connectivity index (χ2n) is 5.06. The summed E-state index contributed by atoms with van der Waals surface area (Å²) in [6, 6.07) is 3.90. The third-order valence-corrected chi connectivity index (χ3v) is 4.06. The first-order valence-corrected chi connectivity index (χ1v) is 6.95. The smallest absolute Gasteiger partial charge is 0.337 e. The molecule has 0 unspecified atom stereocenters. The lowest BCUT2D eigenvalue weighted by atomic mass is 9.75. The monoisotopic (exact) mass is 296 g/mol. The van der Waals surface area contributed by atoms with Gasteiger partial charge in [0.1, 0.15) is 0 Å². The predicted molar refractivity (Wildman–Crippen MR) is 77.4 cm³/mol. The van der Waals surface area contributed by atoms with Crippen molar-refractivity contribution in [2.75, 3.05) is 5.32 Å². The van der Waals surface area contributed by atoms with Crippen LogP contribution in [-0.2, 0) is 0 Å². The van der Waals surface area contributed by atoms with E-state index in [0.717, 1.165) is 25.7 Å². The highest BCUT2D eigenvalue weighted by atomic mass is 35.5. The first-order chi connectivity index (χ1) is 9.46. The Hall–Kier alpha value is -1.75. The Morgan fingerprint density at radius 2 is 2.10 bits per heavy atom. The predicted octanol–water partition coefficient (Wildman–Crippen LogP) is 3.49. The average Bonchev–Trinajstić information content (AvgIpc) is 2.33. The molecule has 0 aromatic heterocycles. The van der Waals surface area contributed by atoms with Gasteiger partial charge in [-0.3, -0.25) is 0 Å². The van der Waals surface area contributed by atoms with Gasteiger partial charge < -0.3 is 15.7 Å². The number of anilines is 1. The van der Waals surface area contributed by atoms with Gasteiger partial charge in [-0.15, -0.1) is 0 Å². The van der Waals surface area contributed by atoms with Crippen molar-refractivity contribution in [3.05, 3.63) is 28.8 Å². The number of aromatic carboxylic acids is 1. The summed E-state index contributed by atoms with van der Waals surface area (Å²) >= 11 is 5.84. The van der Waals surface area contributed by atoms with Crippen LogP contribution >= 0.6 is 11.6 Å². The zero-order valence-electron chi connectivity index (χ0n) is 11.2. The number of halogens is 1. The molecule has 2 rings (SSSR count). The number of rotatable bonds is 4. The van der Waals surface area contributed by atoms with Crippen LogP contribution in [-0.4, -0.2) is 22.6 Å².